The Kier molecular flexibility index (Phi) is 5.49. The third kappa shape index (κ3) is 3.55. The van der Waals surface area contributed by atoms with Crippen LogP contribution in [-0.2, 0) is 29.7 Å². The SMILES string of the molecule is CC(=O)c1cccc2c1OB(O)[C@@H](CC(=O)C1(c3cnc(CN)c(CN)c3)CC1)C2. The van der Waals surface area contributed by atoms with Gasteiger partial charge in [0.25, 0.3) is 0 Å². The standard InChI is InChI=1S/C22H26BN3O4/c1-13(27)18-4-2-3-14-8-17(23(29)30-21(14)18)9-20(28)22(5-6-22)16-7-15(10-24)19(11-25)26-12-16/h2-4,7,12,17,29H,5-6,8-11,24-25H2,1H3/t17-/m1/s1. The Balaban J connectivity index is 1.54. The summed E-state index contributed by atoms with van der Waals surface area (Å²) in [7, 11) is -1.13. The molecule has 0 spiro atoms. The number of fused-ring (bicyclic) bond motifs is 1. The Bertz CT molecular complexity index is 1010. The highest BCUT2D eigenvalue weighted by Crippen LogP contribution is 2.51. The van der Waals surface area contributed by atoms with Gasteiger partial charge in [0, 0.05) is 31.5 Å². The van der Waals surface area contributed by atoms with E-state index >= 15 is 0 Å². The maximum absolute atomic E-state index is 13.3. The second-order valence-corrected chi connectivity index (χ2v) is 8.27. The van der Waals surface area contributed by atoms with E-state index < -0.39 is 12.5 Å². The first-order chi connectivity index (χ1) is 14.4. The van der Waals surface area contributed by atoms with Gasteiger partial charge in [-0.3, -0.25) is 14.6 Å². The lowest BCUT2D eigenvalue weighted by atomic mass is 9.63. The maximum Gasteiger partial charge on any atom is 0.526 e. The molecule has 0 bridgehead atoms. The normalized spacial score (nSPS) is 19.1. The molecule has 2 aromatic rings. The lowest BCUT2D eigenvalue weighted by molar-refractivity contribution is -0.121. The van der Waals surface area contributed by atoms with Crippen LogP contribution in [-0.4, -0.2) is 28.7 Å². The quantitative estimate of drug-likeness (QED) is 0.471. The average molecular weight is 407 g/mol. The van der Waals surface area contributed by atoms with E-state index in [1.807, 2.05) is 12.1 Å². The van der Waals surface area contributed by atoms with Crippen molar-refractivity contribution < 1.29 is 19.3 Å². The van der Waals surface area contributed by atoms with Gasteiger partial charge in [0.05, 0.1) is 16.7 Å². The molecule has 1 atom stereocenters. The van der Waals surface area contributed by atoms with E-state index in [9.17, 15) is 14.6 Å². The predicted octanol–water partition coefficient (Wildman–Crippen LogP) is 1.68. The summed E-state index contributed by atoms with van der Waals surface area (Å²) in [5.74, 6) is 0.0210. The molecule has 5 N–H and O–H groups in total. The summed E-state index contributed by atoms with van der Waals surface area (Å²) >= 11 is 0. The number of aromatic nitrogens is 1. The fraction of sp³-hybridized carbons (Fsp3) is 0.409. The number of benzene rings is 1. The Hall–Kier alpha value is -2.55. The fourth-order valence-electron chi connectivity index (χ4n) is 4.38. The minimum atomic E-state index is -1.13. The minimum Gasteiger partial charge on any atom is -0.535 e. The molecule has 0 radical (unpaired) electrons. The molecular formula is C22H26BN3O4. The van der Waals surface area contributed by atoms with E-state index in [2.05, 4.69) is 4.98 Å². The zero-order chi connectivity index (χ0) is 21.5. The Morgan fingerprint density at radius 3 is 2.70 bits per heavy atom. The van der Waals surface area contributed by atoms with Crippen LogP contribution in [0.1, 0.15) is 58.9 Å². The number of rotatable bonds is 7. The molecule has 1 aromatic heterocycles. The number of para-hydroxylation sites is 1. The van der Waals surface area contributed by atoms with Crippen molar-refractivity contribution in [2.45, 2.75) is 56.9 Å². The molecule has 2 heterocycles. The second kappa shape index (κ2) is 7.94. The maximum atomic E-state index is 13.3. The van der Waals surface area contributed by atoms with E-state index in [-0.39, 0.29) is 23.8 Å². The van der Waals surface area contributed by atoms with Gasteiger partial charge in [-0.25, -0.2) is 0 Å². The molecule has 0 saturated heterocycles. The first kappa shape index (κ1) is 20.7. The van der Waals surface area contributed by atoms with Crippen LogP contribution in [0, 0.1) is 0 Å². The monoisotopic (exact) mass is 407 g/mol. The largest absolute Gasteiger partial charge is 0.535 e. The third-order valence-electron chi connectivity index (χ3n) is 6.36. The molecule has 0 unspecified atom stereocenters. The number of pyridine rings is 1. The summed E-state index contributed by atoms with van der Waals surface area (Å²) in [6.45, 7) is 2.10. The van der Waals surface area contributed by atoms with Gasteiger partial charge < -0.3 is 21.1 Å². The van der Waals surface area contributed by atoms with Gasteiger partial charge in [-0.1, -0.05) is 18.2 Å². The van der Waals surface area contributed by atoms with Gasteiger partial charge in [-0.2, -0.15) is 0 Å². The lowest BCUT2D eigenvalue weighted by Crippen LogP contribution is -2.37. The summed E-state index contributed by atoms with van der Waals surface area (Å²) in [5, 5.41) is 10.5. The van der Waals surface area contributed by atoms with Gasteiger partial charge in [0.2, 0.25) is 0 Å². The van der Waals surface area contributed by atoms with Crippen molar-refractivity contribution >= 4 is 18.7 Å². The third-order valence-corrected chi connectivity index (χ3v) is 6.36. The molecule has 0 amide bonds. The number of ketones is 2. The Labute approximate surface area is 176 Å². The highest BCUT2D eigenvalue weighted by Gasteiger charge is 2.52. The van der Waals surface area contributed by atoms with Crippen molar-refractivity contribution in [2.75, 3.05) is 0 Å². The zero-order valence-electron chi connectivity index (χ0n) is 17.1. The summed E-state index contributed by atoms with van der Waals surface area (Å²) in [6.07, 6.45) is 3.93. The molecule has 1 aromatic carbocycles. The van der Waals surface area contributed by atoms with Crippen molar-refractivity contribution in [1.29, 1.82) is 0 Å². The van der Waals surface area contributed by atoms with Crippen molar-refractivity contribution in [1.82, 2.24) is 4.98 Å². The Morgan fingerprint density at radius 1 is 1.30 bits per heavy atom. The molecule has 2 aliphatic rings. The molecule has 30 heavy (non-hydrogen) atoms. The molecule has 7 nitrogen and oxygen atoms in total. The summed E-state index contributed by atoms with van der Waals surface area (Å²) in [6, 6.07) is 7.31. The predicted molar refractivity (Wildman–Crippen MR) is 113 cm³/mol. The topological polar surface area (TPSA) is 129 Å². The molecule has 1 aliphatic carbocycles. The van der Waals surface area contributed by atoms with Crippen LogP contribution < -0.4 is 16.1 Å². The number of hydrogen-bond acceptors (Lipinski definition) is 7. The number of hydrogen-bond donors (Lipinski definition) is 3. The van der Waals surface area contributed by atoms with E-state index in [0.29, 0.717) is 30.8 Å². The minimum absolute atomic E-state index is 0.0755. The van der Waals surface area contributed by atoms with Crippen molar-refractivity contribution in [3.8, 4) is 5.75 Å². The van der Waals surface area contributed by atoms with Crippen LogP contribution in [0.25, 0.3) is 0 Å². The summed E-state index contributed by atoms with van der Waals surface area (Å²) in [5.41, 5.74) is 14.8. The first-order valence-electron chi connectivity index (χ1n) is 10.3. The van der Waals surface area contributed by atoms with Crippen LogP contribution in [0.15, 0.2) is 30.5 Å². The smallest absolute Gasteiger partial charge is 0.526 e. The molecule has 8 heteroatoms. The molecule has 1 saturated carbocycles. The number of carbonyl (C=O) groups is 2. The number of Topliss-reactive ketones (excluding diaryl/α,β-unsaturated/α-hetero) is 2. The molecular weight excluding hydrogens is 381 g/mol. The highest BCUT2D eigenvalue weighted by molar-refractivity contribution is 6.47. The van der Waals surface area contributed by atoms with Gasteiger partial charge >= 0.3 is 7.12 Å². The van der Waals surface area contributed by atoms with E-state index in [0.717, 1.165) is 35.2 Å². The number of nitrogens with two attached hydrogens (primary N) is 2. The van der Waals surface area contributed by atoms with Gasteiger partial charge in [0.1, 0.15) is 11.5 Å². The van der Waals surface area contributed by atoms with Crippen LogP contribution in [0.4, 0.5) is 0 Å². The molecule has 156 valence electrons. The molecule has 4 rings (SSSR count). The van der Waals surface area contributed by atoms with E-state index in [1.165, 1.54) is 6.92 Å². The van der Waals surface area contributed by atoms with Crippen LogP contribution in [0.3, 0.4) is 0 Å². The first-order valence-corrected chi connectivity index (χ1v) is 10.3. The summed E-state index contributed by atoms with van der Waals surface area (Å²) < 4.78 is 5.68. The van der Waals surface area contributed by atoms with Crippen LogP contribution in [0.5, 0.6) is 5.75 Å². The van der Waals surface area contributed by atoms with Crippen molar-refractivity contribution in [2.24, 2.45) is 11.5 Å². The van der Waals surface area contributed by atoms with Gasteiger partial charge in [0.15, 0.2) is 5.78 Å². The second-order valence-electron chi connectivity index (χ2n) is 8.27. The van der Waals surface area contributed by atoms with Crippen molar-refractivity contribution in [3.63, 3.8) is 0 Å². The number of nitrogens with zero attached hydrogens (tertiary/aromatic N) is 1. The summed E-state index contributed by atoms with van der Waals surface area (Å²) in [4.78, 5) is 29.5. The van der Waals surface area contributed by atoms with E-state index in [4.69, 9.17) is 16.1 Å². The van der Waals surface area contributed by atoms with Gasteiger partial charge in [-0.15, -0.1) is 0 Å². The van der Waals surface area contributed by atoms with Crippen LogP contribution in [0.2, 0.25) is 5.82 Å². The van der Waals surface area contributed by atoms with Crippen LogP contribution >= 0.6 is 0 Å². The zero-order valence-corrected chi connectivity index (χ0v) is 17.1. The molecule has 1 fully saturated rings. The average Bonchev–Trinajstić information content (AvgIpc) is 3.55. The number of carbonyl (C=O) groups excluding carboxylic acids is 2. The van der Waals surface area contributed by atoms with E-state index in [1.54, 1.807) is 18.3 Å². The highest BCUT2D eigenvalue weighted by atomic mass is 16.5. The Morgan fingerprint density at radius 2 is 2.07 bits per heavy atom. The fourth-order valence-corrected chi connectivity index (χ4v) is 4.38. The van der Waals surface area contributed by atoms with Gasteiger partial charge in [-0.05, 0) is 48.9 Å². The lowest BCUT2D eigenvalue weighted by Gasteiger charge is -2.29. The molecule has 1 aliphatic heterocycles. The van der Waals surface area contributed by atoms with Crippen molar-refractivity contribution in [3.05, 3.63) is 58.4 Å².